The van der Waals surface area contributed by atoms with Crippen LogP contribution in [0.5, 0.6) is 11.5 Å². The van der Waals surface area contributed by atoms with Crippen molar-refractivity contribution < 1.29 is 18.3 Å². The van der Waals surface area contributed by atoms with Crippen molar-refractivity contribution in [1.82, 2.24) is 10.2 Å². The highest BCUT2D eigenvalue weighted by Gasteiger charge is 2.25. The molecule has 28 heavy (non-hydrogen) atoms. The van der Waals surface area contributed by atoms with Crippen molar-refractivity contribution in [2.24, 2.45) is 0 Å². The van der Waals surface area contributed by atoms with E-state index >= 15 is 0 Å². The first-order valence-electron chi connectivity index (χ1n) is 9.33. The van der Waals surface area contributed by atoms with Crippen LogP contribution in [0.3, 0.4) is 0 Å². The topological polar surface area (TPSA) is 41.6 Å². The van der Waals surface area contributed by atoms with Gasteiger partial charge >= 0.3 is 0 Å². The molecule has 7 heteroatoms. The van der Waals surface area contributed by atoms with E-state index in [4.69, 9.17) is 4.74 Å². The molecule has 0 saturated carbocycles. The molecular formula is C21H25ClF2N2O2. The maximum atomic E-state index is 13.7. The molecule has 152 valence electrons. The van der Waals surface area contributed by atoms with Crippen LogP contribution < -0.4 is 10.1 Å². The van der Waals surface area contributed by atoms with Gasteiger partial charge in [0.2, 0.25) is 0 Å². The average Bonchev–Trinajstić information content (AvgIpc) is 2.69. The molecule has 2 aromatic carbocycles. The molecule has 3 rings (SSSR count). The Morgan fingerprint density at radius 2 is 1.82 bits per heavy atom. The van der Waals surface area contributed by atoms with Crippen molar-refractivity contribution in [2.75, 3.05) is 19.6 Å². The zero-order valence-corrected chi connectivity index (χ0v) is 16.6. The standard InChI is InChI=1S/C21H24F2N2O2.ClH/c1-2-13-25(17-9-11-24-12-10-17)21(26)15-3-6-18(7-4-15)27-20-8-5-16(22)14-19(20)23;/h3-8,14,17,24H,2,9-13H2,1H3;1H. The summed E-state index contributed by atoms with van der Waals surface area (Å²) < 4.78 is 32.1. The maximum absolute atomic E-state index is 13.7. The molecule has 0 unspecified atom stereocenters. The van der Waals surface area contributed by atoms with Gasteiger partial charge in [0.1, 0.15) is 11.6 Å². The van der Waals surface area contributed by atoms with Gasteiger partial charge in [0, 0.05) is 24.2 Å². The van der Waals surface area contributed by atoms with Crippen LogP contribution in [0.15, 0.2) is 42.5 Å². The van der Waals surface area contributed by atoms with E-state index in [1.165, 1.54) is 6.07 Å². The molecule has 1 aliphatic heterocycles. The molecule has 0 aliphatic carbocycles. The normalized spacial score (nSPS) is 14.2. The fourth-order valence-corrected chi connectivity index (χ4v) is 3.33. The Bertz CT molecular complexity index is 780. The first-order chi connectivity index (χ1) is 13.1. The summed E-state index contributed by atoms with van der Waals surface area (Å²) in [7, 11) is 0. The fraction of sp³-hybridized carbons (Fsp3) is 0.381. The molecule has 1 amide bonds. The van der Waals surface area contributed by atoms with Gasteiger partial charge in [-0.3, -0.25) is 4.79 Å². The number of ether oxygens (including phenoxy) is 1. The van der Waals surface area contributed by atoms with Crippen LogP contribution in [-0.4, -0.2) is 36.5 Å². The van der Waals surface area contributed by atoms with E-state index in [0.717, 1.165) is 51.0 Å². The van der Waals surface area contributed by atoms with Gasteiger partial charge in [-0.1, -0.05) is 6.92 Å². The van der Waals surface area contributed by atoms with Gasteiger partial charge in [0.25, 0.3) is 5.91 Å². The van der Waals surface area contributed by atoms with E-state index in [2.05, 4.69) is 12.2 Å². The van der Waals surface area contributed by atoms with E-state index in [1.807, 2.05) is 4.90 Å². The number of amides is 1. The average molecular weight is 411 g/mol. The van der Waals surface area contributed by atoms with Gasteiger partial charge in [0.15, 0.2) is 11.6 Å². The number of halogens is 3. The Hall–Kier alpha value is -2.18. The van der Waals surface area contributed by atoms with E-state index in [9.17, 15) is 13.6 Å². The van der Waals surface area contributed by atoms with Crippen LogP contribution in [0.4, 0.5) is 8.78 Å². The Morgan fingerprint density at radius 1 is 1.14 bits per heavy atom. The van der Waals surface area contributed by atoms with Crippen molar-refractivity contribution in [2.45, 2.75) is 32.2 Å². The lowest BCUT2D eigenvalue weighted by molar-refractivity contribution is 0.0642. The highest BCUT2D eigenvalue weighted by atomic mass is 35.5. The van der Waals surface area contributed by atoms with Crippen LogP contribution in [0.2, 0.25) is 0 Å². The summed E-state index contributed by atoms with van der Waals surface area (Å²) in [4.78, 5) is 14.9. The molecule has 0 radical (unpaired) electrons. The molecule has 0 aromatic heterocycles. The van der Waals surface area contributed by atoms with Gasteiger partial charge in [-0.15, -0.1) is 12.4 Å². The number of nitrogens with zero attached hydrogens (tertiary/aromatic N) is 1. The summed E-state index contributed by atoms with van der Waals surface area (Å²) in [6.45, 7) is 4.64. The number of piperidine rings is 1. The predicted octanol–water partition coefficient (Wildman–Crippen LogP) is 4.78. The lowest BCUT2D eigenvalue weighted by atomic mass is 10.0. The van der Waals surface area contributed by atoms with Crippen molar-refractivity contribution >= 4 is 18.3 Å². The smallest absolute Gasteiger partial charge is 0.254 e. The Morgan fingerprint density at radius 3 is 2.43 bits per heavy atom. The molecule has 1 fully saturated rings. The number of carbonyl (C=O) groups is 1. The summed E-state index contributed by atoms with van der Waals surface area (Å²) in [6, 6.07) is 10.0. The highest BCUT2D eigenvalue weighted by Crippen LogP contribution is 2.26. The van der Waals surface area contributed by atoms with E-state index in [-0.39, 0.29) is 30.1 Å². The Labute approximate surface area is 170 Å². The molecule has 1 N–H and O–H groups in total. The SMILES string of the molecule is CCCN(C(=O)c1ccc(Oc2ccc(F)cc2F)cc1)C1CCNCC1.Cl. The third-order valence-corrected chi connectivity index (χ3v) is 4.70. The third-order valence-electron chi connectivity index (χ3n) is 4.70. The number of benzene rings is 2. The van der Waals surface area contributed by atoms with Crippen LogP contribution in [0.25, 0.3) is 0 Å². The Kier molecular flexibility index (Phi) is 8.20. The molecule has 4 nitrogen and oxygen atoms in total. The summed E-state index contributed by atoms with van der Waals surface area (Å²) in [6.07, 6.45) is 2.81. The van der Waals surface area contributed by atoms with Crippen LogP contribution in [-0.2, 0) is 0 Å². The second-order valence-corrected chi connectivity index (χ2v) is 6.68. The van der Waals surface area contributed by atoms with Crippen molar-refractivity contribution in [1.29, 1.82) is 0 Å². The van der Waals surface area contributed by atoms with Gasteiger partial charge in [0.05, 0.1) is 0 Å². The lowest BCUT2D eigenvalue weighted by Crippen LogP contribution is -2.46. The zero-order valence-electron chi connectivity index (χ0n) is 15.8. The molecule has 1 aliphatic rings. The number of hydrogen-bond acceptors (Lipinski definition) is 3. The number of carbonyl (C=O) groups excluding carboxylic acids is 1. The summed E-state index contributed by atoms with van der Waals surface area (Å²) in [5, 5.41) is 3.32. The summed E-state index contributed by atoms with van der Waals surface area (Å²) >= 11 is 0. The predicted molar refractivity (Wildman–Crippen MR) is 107 cm³/mol. The zero-order chi connectivity index (χ0) is 19.2. The minimum absolute atomic E-state index is 0. The van der Waals surface area contributed by atoms with E-state index in [1.54, 1.807) is 24.3 Å². The minimum atomic E-state index is -0.768. The number of rotatable bonds is 6. The second-order valence-electron chi connectivity index (χ2n) is 6.68. The van der Waals surface area contributed by atoms with Crippen LogP contribution in [0.1, 0.15) is 36.5 Å². The first-order valence-corrected chi connectivity index (χ1v) is 9.33. The summed E-state index contributed by atoms with van der Waals surface area (Å²) in [5.74, 6) is -1.09. The van der Waals surface area contributed by atoms with E-state index < -0.39 is 11.6 Å². The van der Waals surface area contributed by atoms with Gasteiger partial charge < -0.3 is 15.0 Å². The van der Waals surface area contributed by atoms with Crippen LogP contribution >= 0.6 is 12.4 Å². The first kappa shape index (κ1) is 22.1. The minimum Gasteiger partial charge on any atom is -0.454 e. The van der Waals surface area contributed by atoms with Gasteiger partial charge in [-0.2, -0.15) is 0 Å². The maximum Gasteiger partial charge on any atom is 0.254 e. The monoisotopic (exact) mass is 410 g/mol. The molecule has 1 heterocycles. The quantitative estimate of drug-likeness (QED) is 0.744. The fourth-order valence-electron chi connectivity index (χ4n) is 3.33. The van der Waals surface area contributed by atoms with Crippen molar-refractivity contribution in [3.8, 4) is 11.5 Å². The van der Waals surface area contributed by atoms with Crippen LogP contribution in [0, 0.1) is 11.6 Å². The second kappa shape index (κ2) is 10.4. The summed E-state index contributed by atoms with van der Waals surface area (Å²) in [5.41, 5.74) is 0.578. The molecular weight excluding hydrogens is 386 g/mol. The van der Waals surface area contributed by atoms with Gasteiger partial charge in [-0.05, 0) is 68.8 Å². The van der Waals surface area contributed by atoms with E-state index in [0.29, 0.717) is 11.3 Å². The number of hydrogen-bond donors (Lipinski definition) is 1. The van der Waals surface area contributed by atoms with Gasteiger partial charge in [-0.25, -0.2) is 8.78 Å². The molecule has 0 bridgehead atoms. The third kappa shape index (κ3) is 5.42. The Balaban J connectivity index is 0.00000280. The number of nitrogens with one attached hydrogen (secondary N) is 1. The molecule has 0 atom stereocenters. The largest absolute Gasteiger partial charge is 0.454 e. The molecule has 1 saturated heterocycles. The highest BCUT2D eigenvalue weighted by molar-refractivity contribution is 5.94. The molecule has 2 aromatic rings. The van der Waals surface area contributed by atoms with Crippen molar-refractivity contribution in [3.05, 3.63) is 59.7 Å². The van der Waals surface area contributed by atoms with Crippen molar-refractivity contribution in [3.63, 3.8) is 0 Å². The molecule has 0 spiro atoms. The lowest BCUT2D eigenvalue weighted by Gasteiger charge is -2.34.